The molecule has 0 aliphatic rings. The summed E-state index contributed by atoms with van der Waals surface area (Å²) in [7, 11) is -9.90. The summed E-state index contributed by atoms with van der Waals surface area (Å²) in [6.07, 6.45) is 3.71. The number of aryl methyl sites for hydroxylation is 1. The van der Waals surface area contributed by atoms with Crippen LogP contribution in [0.15, 0.2) is 12.8 Å². The highest BCUT2D eigenvalue weighted by atomic mass is 32.3. The number of rotatable bonds is 12. The van der Waals surface area contributed by atoms with Crippen LogP contribution in [0.2, 0.25) is 0 Å². The van der Waals surface area contributed by atoms with Gasteiger partial charge in [0, 0.05) is 7.11 Å². The number of alkyl halides is 6. The number of nitrogens with zero attached hydrogens (tertiary/aromatic N) is 4. The van der Waals surface area contributed by atoms with Crippen molar-refractivity contribution in [1.82, 2.24) is 9.90 Å². The van der Waals surface area contributed by atoms with Crippen molar-refractivity contribution >= 4 is 26.1 Å². The van der Waals surface area contributed by atoms with Crippen molar-refractivity contribution in [3.63, 3.8) is 0 Å². The molecule has 1 heterocycles. The number of halogens is 6. The van der Waals surface area contributed by atoms with Gasteiger partial charge in [0.2, 0.25) is 0 Å². The van der Waals surface area contributed by atoms with Crippen LogP contribution in [0.1, 0.15) is 5.69 Å². The second-order valence-electron chi connectivity index (χ2n) is 5.67. The largest absolute Gasteiger partial charge is 0.480 e. The molecular formula is C14H22F6N4O7S2. The Bertz CT molecular complexity index is 904. The molecule has 194 valence electrons. The van der Waals surface area contributed by atoms with Crippen molar-refractivity contribution in [2.45, 2.75) is 17.6 Å². The zero-order valence-corrected chi connectivity index (χ0v) is 19.0. The highest BCUT2D eigenvalue weighted by molar-refractivity contribution is 8.13. The lowest BCUT2D eigenvalue weighted by molar-refractivity contribution is -0.756. The first-order valence-electron chi connectivity index (χ1n) is 8.56. The molecule has 0 aliphatic carbocycles. The summed E-state index contributed by atoms with van der Waals surface area (Å²) in [6, 6.07) is 0. The standard InChI is InChI=1S/C12H22N3O3.C2F6NO4S2/c1-4-12-11-15(13-14(12)2)5-6-17-9-10-18-8-7-16-3;3-1(4,5)14(10,11)9-15(12,13)2(6,7)8/h4,11H,1,5-10H2,2-3H3;/q+1;-1. The molecule has 0 atom stereocenters. The van der Waals surface area contributed by atoms with Gasteiger partial charge in [-0.15, -0.1) is 9.36 Å². The summed E-state index contributed by atoms with van der Waals surface area (Å²) >= 11 is 0. The van der Waals surface area contributed by atoms with E-state index >= 15 is 0 Å². The Kier molecular flexibility index (Phi) is 12.5. The van der Waals surface area contributed by atoms with E-state index in [0.29, 0.717) is 33.0 Å². The third-order valence-corrected chi connectivity index (χ3v) is 5.90. The van der Waals surface area contributed by atoms with Crippen LogP contribution in [0.5, 0.6) is 0 Å². The van der Waals surface area contributed by atoms with E-state index in [1.165, 1.54) is 0 Å². The van der Waals surface area contributed by atoms with Gasteiger partial charge in [0.1, 0.15) is 13.6 Å². The Labute approximate surface area is 186 Å². The van der Waals surface area contributed by atoms with Crippen molar-refractivity contribution in [2.24, 2.45) is 7.05 Å². The molecule has 1 aromatic heterocycles. The number of sulfonamides is 2. The van der Waals surface area contributed by atoms with Crippen molar-refractivity contribution in [1.29, 1.82) is 0 Å². The summed E-state index contributed by atoms with van der Waals surface area (Å²) in [5, 5.41) is 4.27. The first kappa shape index (κ1) is 31.2. The molecule has 0 aliphatic heterocycles. The Morgan fingerprint density at radius 3 is 1.85 bits per heavy atom. The molecule has 0 fully saturated rings. The van der Waals surface area contributed by atoms with E-state index in [2.05, 4.69) is 11.8 Å². The first-order valence-corrected chi connectivity index (χ1v) is 11.4. The van der Waals surface area contributed by atoms with Crippen LogP contribution in [-0.4, -0.2) is 77.9 Å². The van der Waals surface area contributed by atoms with Gasteiger partial charge in [-0.05, 0) is 6.08 Å². The molecule has 0 unspecified atom stereocenters. The van der Waals surface area contributed by atoms with Crippen LogP contribution >= 0.6 is 0 Å². The quantitative estimate of drug-likeness (QED) is 0.220. The SMILES string of the molecule is C=Cc1c[n+](CCOCCOCCOC)nn1C.O=S(=O)([N-]S(=O)(=O)C(F)(F)F)C(F)(F)F. The summed E-state index contributed by atoms with van der Waals surface area (Å²) < 4.78 is 128. The number of methoxy groups -OCH3 is 1. The Morgan fingerprint density at radius 1 is 1.00 bits per heavy atom. The van der Waals surface area contributed by atoms with E-state index in [9.17, 15) is 43.2 Å². The maximum atomic E-state index is 11.4. The molecule has 19 heteroatoms. The maximum Gasteiger partial charge on any atom is 0.480 e. The van der Waals surface area contributed by atoms with Gasteiger partial charge in [-0.2, -0.15) is 26.3 Å². The zero-order valence-electron chi connectivity index (χ0n) is 17.3. The van der Waals surface area contributed by atoms with Gasteiger partial charge >= 0.3 is 11.0 Å². The average molecular weight is 536 g/mol. The van der Waals surface area contributed by atoms with E-state index < -0.39 is 31.1 Å². The predicted molar refractivity (Wildman–Crippen MR) is 100 cm³/mol. The normalized spacial score (nSPS) is 12.8. The van der Waals surface area contributed by atoms with E-state index in [0.717, 1.165) is 16.4 Å². The van der Waals surface area contributed by atoms with Crippen LogP contribution < -0.4 is 4.68 Å². The predicted octanol–water partition coefficient (Wildman–Crippen LogP) is 1.09. The van der Waals surface area contributed by atoms with Crippen LogP contribution in [-0.2, 0) is 47.8 Å². The minimum Gasteiger partial charge on any atom is -0.421 e. The fourth-order valence-electron chi connectivity index (χ4n) is 1.62. The van der Waals surface area contributed by atoms with Crippen molar-refractivity contribution in [3.05, 3.63) is 22.6 Å². The molecule has 33 heavy (non-hydrogen) atoms. The van der Waals surface area contributed by atoms with Crippen LogP contribution in [0, 0.1) is 0 Å². The topological polar surface area (TPSA) is 132 Å². The van der Waals surface area contributed by atoms with Gasteiger partial charge in [0.05, 0.1) is 38.2 Å². The Morgan fingerprint density at radius 2 is 1.45 bits per heavy atom. The highest BCUT2D eigenvalue weighted by Gasteiger charge is 2.46. The summed E-state index contributed by atoms with van der Waals surface area (Å²) in [5.74, 6) is 0. The van der Waals surface area contributed by atoms with Crippen LogP contribution in [0.3, 0.4) is 0 Å². The number of ether oxygens (including phenoxy) is 3. The molecule has 0 saturated carbocycles. The lowest BCUT2D eigenvalue weighted by Crippen LogP contribution is -2.38. The van der Waals surface area contributed by atoms with E-state index in [1.54, 1.807) is 17.9 Å². The zero-order chi connectivity index (χ0) is 25.9. The van der Waals surface area contributed by atoms with Crippen LogP contribution in [0.25, 0.3) is 10.2 Å². The Balaban J connectivity index is 0.000000633. The molecule has 0 N–H and O–H groups in total. The van der Waals surface area contributed by atoms with E-state index in [4.69, 9.17) is 14.2 Å². The molecule has 1 rings (SSSR count). The number of hydrogen-bond donors (Lipinski definition) is 0. The average Bonchev–Trinajstić information content (AvgIpc) is 3.01. The van der Waals surface area contributed by atoms with Gasteiger partial charge in [-0.1, -0.05) is 6.58 Å². The van der Waals surface area contributed by atoms with Gasteiger partial charge in [-0.25, -0.2) is 16.8 Å². The summed E-state index contributed by atoms with van der Waals surface area (Å²) in [4.78, 5) is 0. The monoisotopic (exact) mass is 536 g/mol. The lowest BCUT2D eigenvalue weighted by Gasteiger charge is -2.22. The third kappa shape index (κ3) is 11.3. The molecule has 0 aromatic carbocycles. The third-order valence-electron chi connectivity index (χ3n) is 3.16. The van der Waals surface area contributed by atoms with Gasteiger partial charge in [0.25, 0.3) is 0 Å². The van der Waals surface area contributed by atoms with E-state index in [-0.39, 0.29) is 0 Å². The molecular weight excluding hydrogens is 514 g/mol. The summed E-state index contributed by atoms with van der Waals surface area (Å²) in [5.41, 5.74) is -11.4. The summed E-state index contributed by atoms with van der Waals surface area (Å²) in [6.45, 7) is 7.47. The Hall–Kier alpha value is -1.80. The smallest absolute Gasteiger partial charge is 0.421 e. The fourth-order valence-corrected chi connectivity index (χ4v) is 3.33. The molecule has 0 bridgehead atoms. The molecule has 1 aromatic rings. The van der Waals surface area contributed by atoms with Gasteiger partial charge < -0.3 is 18.3 Å². The van der Waals surface area contributed by atoms with Crippen LogP contribution in [0.4, 0.5) is 26.3 Å². The van der Waals surface area contributed by atoms with Crippen molar-refractivity contribution in [2.75, 3.05) is 40.1 Å². The minimum absolute atomic E-state index is 0.589. The van der Waals surface area contributed by atoms with Gasteiger partial charge in [0.15, 0.2) is 31.9 Å². The highest BCUT2D eigenvalue weighted by Crippen LogP contribution is 2.36. The second kappa shape index (κ2) is 13.2. The minimum atomic E-state index is -6.72. The van der Waals surface area contributed by atoms with Crippen molar-refractivity contribution in [3.8, 4) is 0 Å². The fraction of sp³-hybridized carbons (Fsp3) is 0.714. The van der Waals surface area contributed by atoms with Crippen molar-refractivity contribution < 1.29 is 62.1 Å². The molecule has 0 saturated heterocycles. The van der Waals surface area contributed by atoms with Gasteiger partial charge in [-0.3, -0.25) is 0 Å². The number of aromatic nitrogens is 3. The number of hydrogen-bond acceptors (Lipinski definition) is 8. The lowest BCUT2D eigenvalue weighted by atomic mass is 10.5. The second-order valence-corrected chi connectivity index (χ2v) is 9.09. The van der Waals surface area contributed by atoms with E-state index in [1.807, 2.05) is 17.9 Å². The molecule has 0 radical (unpaired) electrons. The maximum absolute atomic E-state index is 11.4. The molecule has 11 nitrogen and oxygen atoms in total. The first-order chi connectivity index (χ1) is 15.0. The molecule has 0 spiro atoms. The molecule has 0 amide bonds.